The summed E-state index contributed by atoms with van der Waals surface area (Å²) in [7, 11) is 1.70. The molecule has 2 aromatic rings. The summed E-state index contributed by atoms with van der Waals surface area (Å²) in [5.41, 5.74) is 2.13. The fourth-order valence-electron chi connectivity index (χ4n) is 2.90. The minimum Gasteiger partial charge on any atom is -0.356 e. The molecule has 0 spiro atoms. The Kier molecular flexibility index (Phi) is 5.78. The standard InChI is InChI=1S/C20H23ClN4O/c1-22-19(23-13-18(26)25-17-8-3-2-4-9-17)24-14-20(10-11-20)15-6-5-7-16(21)12-15/h2-9,12H,10-11,13-14H2,1H3,(H,25,26)(H2,22,23,24). The van der Waals surface area contributed by atoms with Crippen molar-refractivity contribution in [1.29, 1.82) is 0 Å². The van der Waals surface area contributed by atoms with Crippen molar-refractivity contribution in [2.45, 2.75) is 18.3 Å². The number of halogens is 1. The number of hydrogen-bond acceptors (Lipinski definition) is 2. The van der Waals surface area contributed by atoms with Crippen molar-refractivity contribution in [3.8, 4) is 0 Å². The highest BCUT2D eigenvalue weighted by Gasteiger charge is 2.44. The molecule has 1 aliphatic carbocycles. The van der Waals surface area contributed by atoms with Gasteiger partial charge in [0.25, 0.3) is 0 Å². The molecule has 26 heavy (non-hydrogen) atoms. The van der Waals surface area contributed by atoms with Crippen LogP contribution < -0.4 is 16.0 Å². The number of nitrogens with zero attached hydrogens (tertiary/aromatic N) is 1. The number of anilines is 1. The quantitative estimate of drug-likeness (QED) is 0.540. The van der Waals surface area contributed by atoms with Crippen LogP contribution in [0.5, 0.6) is 0 Å². The molecule has 0 heterocycles. The van der Waals surface area contributed by atoms with Gasteiger partial charge in [0, 0.05) is 29.7 Å². The monoisotopic (exact) mass is 370 g/mol. The number of carbonyl (C=O) groups excluding carboxylic acids is 1. The van der Waals surface area contributed by atoms with E-state index in [1.54, 1.807) is 7.05 Å². The van der Waals surface area contributed by atoms with E-state index in [-0.39, 0.29) is 17.9 Å². The van der Waals surface area contributed by atoms with E-state index in [9.17, 15) is 4.79 Å². The van der Waals surface area contributed by atoms with Crippen LogP contribution in [0, 0.1) is 0 Å². The number of guanidine groups is 1. The Morgan fingerprint density at radius 1 is 1.12 bits per heavy atom. The minimum atomic E-state index is -0.116. The molecule has 1 amide bonds. The summed E-state index contributed by atoms with van der Waals surface area (Å²) < 4.78 is 0. The lowest BCUT2D eigenvalue weighted by Gasteiger charge is -2.19. The van der Waals surface area contributed by atoms with E-state index in [1.807, 2.05) is 48.5 Å². The molecular weight excluding hydrogens is 348 g/mol. The lowest BCUT2D eigenvalue weighted by molar-refractivity contribution is -0.115. The molecule has 1 fully saturated rings. The molecule has 3 rings (SSSR count). The molecule has 0 saturated heterocycles. The molecule has 6 heteroatoms. The summed E-state index contributed by atoms with van der Waals surface area (Å²) in [6.07, 6.45) is 2.23. The topological polar surface area (TPSA) is 65.5 Å². The molecule has 5 nitrogen and oxygen atoms in total. The Bertz CT molecular complexity index is 787. The molecule has 0 bridgehead atoms. The Labute approximate surface area is 158 Å². The number of rotatable bonds is 6. The second-order valence-corrected chi connectivity index (χ2v) is 6.92. The second kappa shape index (κ2) is 8.23. The Morgan fingerprint density at radius 2 is 1.88 bits per heavy atom. The van der Waals surface area contributed by atoms with E-state index in [2.05, 4.69) is 27.0 Å². The molecule has 1 aliphatic rings. The van der Waals surface area contributed by atoms with Gasteiger partial charge in [-0.2, -0.15) is 0 Å². The first-order valence-corrected chi connectivity index (χ1v) is 9.05. The van der Waals surface area contributed by atoms with Crippen molar-refractivity contribution < 1.29 is 4.79 Å². The third-order valence-corrected chi connectivity index (χ3v) is 4.82. The van der Waals surface area contributed by atoms with Crippen molar-refractivity contribution in [1.82, 2.24) is 10.6 Å². The van der Waals surface area contributed by atoms with Gasteiger partial charge in [-0.25, -0.2) is 0 Å². The van der Waals surface area contributed by atoms with Crippen LogP contribution in [0.3, 0.4) is 0 Å². The minimum absolute atomic E-state index is 0.106. The van der Waals surface area contributed by atoms with E-state index < -0.39 is 0 Å². The van der Waals surface area contributed by atoms with Gasteiger partial charge in [0.1, 0.15) is 0 Å². The summed E-state index contributed by atoms with van der Waals surface area (Å²) in [4.78, 5) is 16.2. The molecular formula is C20H23ClN4O. The van der Waals surface area contributed by atoms with E-state index in [0.717, 1.165) is 30.1 Å². The number of nitrogens with one attached hydrogen (secondary N) is 3. The van der Waals surface area contributed by atoms with Gasteiger partial charge in [-0.3, -0.25) is 9.79 Å². The molecule has 0 radical (unpaired) electrons. The Balaban J connectivity index is 1.49. The summed E-state index contributed by atoms with van der Waals surface area (Å²) >= 11 is 6.12. The molecule has 0 unspecified atom stereocenters. The van der Waals surface area contributed by atoms with Crippen molar-refractivity contribution >= 4 is 29.2 Å². The Hall–Kier alpha value is -2.53. The van der Waals surface area contributed by atoms with E-state index in [4.69, 9.17) is 11.6 Å². The molecule has 0 aromatic heterocycles. The zero-order valence-corrected chi connectivity index (χ0v) is 15.5. The lowest BCUT2D eigenvalue weighted by Crippen LogP contribution is -2.44. The predicted octanol–water partition coefficient (Wildman–Crippen LogP) is 3.18. The third-order valence-electron chi connectivity index (χ3n) is 4.58. The fraction of sp³-hybridized carbons (Fsp3) is 0.300. The van der Waals surface area contributed by atoms with Gasteiger partial charge in [0.2, 0.25) is 5.91 Å². The van der Waals surface area contributed by atoms with Crippen LogP contribution in [0.4, 0.5) is 5.69 Å². The highest BCUT2D eigenvalue weighted by atomic mass is 35.5. The molecule has 1 saturated carbocycles. The maximum Gasteiger partial charge on any atom is 0.243 e. The summed E-state index contributed by atoms with van der Waals surface area (Å²) in [6.45, 7) is 0.909. The van der Waals surface area contributed by atoms with E-state index in [1.165, 1.54) is 5.56 Å². The van der Waals surface area contributed by atoms with Crippen molar-refractivity contribution in [3.05, 3.63) is 65.2 Å². The summed E-state index contributed by atoms with van der Waals surface area (Å²) in [5.74, 6) is 0.497. The van der Waals surface area contributed by atoms with Gasteiger partial charge < -0.3 is 16.0 Å². The van der Waals surface area contributed by atoms with Crippen LogP contribution in [0.15, 0.2) is 59.6 Å². The SMILES string of the molecule is CN=C(NCC(=O)Nc1ccccc1)NCC1(c2cccc(Cl)c2)CC1. The number of aliphatic imine (C=N–C) groups is 1. The van der Waals surface area contributed by atoms with Crippen LogP contribution in [-0.2, 0) is 10.2 Å². The highest BCUT2D eigenvalue weighted by Crippen LogP contribution is 2.48. The number of carbonyl (C=O) groups is 1. The maximum atomic E-state index is 12.0. The van der Waals surface area contributed by atoms with Crippen molar-refractivity contribution in [2.75, 3.05) is 25.5 Å². The van der Waals surface area contributed by atoms with Gasteiger partial charge in [-0.1, -0.05) is 41.9 Å². The zero-order chi connectivity index (χ0) is 18.4. The predicted molar refractivity (Wildman–Crippen MR) is 107 cm³/mol. The van der Waals surface area contributed by atoms with Gasteiger partial charge in [-0.05, 0) is 42.7 Å². The first kappa shape index (κ1) is 18.3. The van der Waals surface area contributed by atoms with Gasteiger partial charge in [0.15, 0.2) is 5.96 Å². The van der Waals surface area contributed by atoms with Crippen LogP contribution in [0.2, 0.25) is 5.02 Å². The van der Waals surface area contributed by atoms with Crippen molar-refractivity contribution in [2.24, 2.45) is 4.99 Å². The van der Waals surface area contributed by atoms with Crippen molar-refractivity contribution in [3.63, 3.8) is 0 Å². The molecule has 136 valence electrons. The van der Waals surface area contributed by atoms with E-state index >= 15 is 0 Å². The average Bonchev–Trinajstić information content (AvgIpc) is 3.44. The fourth-order valence-corrected chi connectivity index (χ4v) is 3.09. The number of para-hydroxylation sites is 1. The highest BCUT2D eigenvalue weighted by molar-refractivity contribution is 6.30. The molecule has 3 N–H and O–H groups in total. The van der Waals surface area contributed by atoms with Gasteiger partial charge in [0.05, 0.1) is 6.54 Å². The van der Waals surface area contributed by atoms with Crippen LogP contribution in [0.25, 0.3) is 0 Å². The summed E-state index contributed by atoms with van der Waals surface area (Å²) in [6, 6.07) is 17.4. The van der Waals surface area contributed by atoms with Crippen LogP contribution in [0.1, 0.15) is 18.4 Å². The second-order valence-electron chi connectivity index (χ2n) is 6.48. The zero-order valence-electron chi connectivity index (χ0n) is 14.8. The lowest BCUT2D eigenvalue weighted by atomic mass is 9.96. The Morgan fingerprint density at radius 3 is 2.54 bits per heavy atom. The largest absolute Gasteiger partial charge is 0.356 e. The first-order chi connectivity index (χ1) is 12.6. The normalized spacial score (nSPS) is 15.2. The third kappa shape index (κ3) is 4.76. The smallest absolute Gasteiger partial charge is 0.243 e. The molecule has 0 aliphatic heterocycles. The first-order valence-electron chi connectivity index (χ1n) is 8.67. The van der Waals surface area contributed by atoms with E-state index in [0.29, 0.717) is 5.96 Å². The number of amides is 1. The van der Waals surface area contributed by atoms with Gasteiger partial charge in [-0.15, -0.1) is 0 Å². The van der Waals surface area contributed by atoms with Gasteiger partial charge >= 0.3 is 0 Å². The van der Waals surface area contributed by atoms with Crippen LogP contribution in [-0.4, -0.2) is 32.0 Å². The average molecular weight is 371 g/mol. The van der Waals surface area contributed by atoms with Crippen LogP contribution >= 0.6 is 11.6 Å². The number of hydrogen-bond donors (Lipinski definition) is 3. The number of benzene rings is 2. The molecule has 2 aromatic carbocycles. The summed E-state index contributed by atoms with van der Waals surface area (Å²) in [5, 5.41) is 9.98. The maximum absolute atomic E-state index is 12.0. The molecule has 0 atom stereocenters.